The van der Waals surface area contributed by atoms with Gasteiger partial charge in [-0.2, -0.15) is 10.4 Å². The van der Waals surface area contributed by atoms with Gasteiger partial charge in [0.2, 0.25) is 0 Å². The highest BCUT2D eigenvalue weighted by atomic mass is 16.5. The van der Waals surface area contributed by atoms with Gasteiger partial charge in [-0.15, -0.1) is 0 Å². The van der Waals surface area contributed by atoms with Gasteiger partial charge >= 0.3 is 0 Å². The van der Waals surface area contributed by atoms with Crippen molar-refractivity contribution in [2.75, 3.05) is 19.0 Å². The van der Waals surface area contributed by atoms with Gasteiger partial charge in [-0.25, -0.2) is 0 Å². The van der Waals surface area contributed by atoms with Crippen LogP contribution in [0.15, 0.2) is 23.9 Å². The van der Waals surface area contributed by atoms with E-state index < -0.39 is 5.91 Å². The molecule has 2 aromatic heterocycles. The first kappa shape index (κ1) is 18.5. The van der Waals surface area contributed by atoms with Crippen LogP contribution in [-0.2, 0) is 16.6 Å². The molecule has 2 rings (SSSR count). The van der Waals surface area contributed by atoms with Crippen molar-refractivity contribution in [3.8, 4) is 6.07 Å². The summed E-state index contributed by atoms with van der Waals surface area (Å²) in [5, 5.41) is 16.1. The smallest absolute Gasteiger partial charge is 0.267 e. The van der Waals surface area contributed by atoms with Crippen molar-refractivity contribution in [2.24, 2.45) is 7.05 Å². The van der Waals surface area contributed by atoms with Gasteiger partial charge in [-0.3, -0.25) is 9.48 Å². The highest BCUT2D eigenvalue weighted by molar-refractivity contribution is 6.09. The van der Waals surface area contributed by atoms with E-state index in [4.69, 9.17) is 4.74 Å². The molecule has 25 heavy (non-hydrogen) atoms. The standard InChI is InChI=1S/C18H23N5O2/c1-12-8-15(14(3)23(12)13(2)11-25-5)9-16(10-19)18(24)20-17-6-7-22(4)21-17/h6-9,13H,11H2,1-5H3,(H,20,21,24). The van der Waals surface area contributed by atoms with Gasteiger partial charge in [0.1, 0.15) is 11.6 Å². The maximum Gasteiger partial charge on any atom is 0.267 e. The van der Waals surface area contributed by atoms with Crippen LogP contribution in [-0.4, -0.2) is 34.0 Å². The van der Waals surface area contributed by atoms with E-state index in [9.17, 15) is 10.1 Å². The molecule has 7 nitrogen and oxygen atoms in total. The lowest BCUT2D eigenvalue weighted by Gasteiger charge is -2.17. The molecule has 0 radical (unpaired) electrons. The van der Waals surface area contributed by atoms with Crippen LogP contribution in [0.25, 0.3) is 6.08 Å². The second-order valence-corrected chi connectivity index (χ2v) is 6.00. The maximum atomic E-state index is 12.3. The zero-order chi connectivity index (χ0) is 18.6. The molecule has 1 amide bonds. The monoisotopic (exact) mass is 341 g/mol. The first-order valence-corrected chi connectivity index (χ1v) is 7.97. The third-order valence-electron chi connectivity index (χ3n) is 3.99. The van der Waals surface area contributed by atoms with Crippen molar-refractivity contribution >= 4 is 17.8 Å². The van der Waals surface area contributed by atoms with Crippen LogP contribution in [0.4, 0.5) is 5.82 Å². The number of nitrogens with one attached hydrogen (secondary N) is 1. The number of hydrogen-bond acceptors (Lipinski definition) is 4. The minimum absolute atomic E-state index is 0.0327. The van der Waals surface area contributed by atoms with Crippen molar-refractivity contribution in [1.29, 1.82) is 5.26 Å². The molecule has 1 atom stereocenters. The minimum Gasteiger partial charge on any atom is -0.383 e. The molecule has 0 fully saturated rings. The van der Waals surface area contributed by atoms with Gasteiger partial charge < -0.3 is 14.6 Å². The number of nitrogens with zero attached hydrogens (tertiary/aromatic N) is 4. The molecular formula is C18H23N5O2. The molecular weight excluding hydrogens is 318 g/mol. The molecule has 0 aliphatic heterocycles. The van der Waals surface area contributed by atoms with E-state index in [2.05, 4.69) is 21.9 Å². The molecule has 2 aromatic rings. The van der Waals surface area contributed by atoms with E-state index in [1.54, 1.807) is 37.2 Å². The van der Waals surface area contributed by atoms with Crippen LogP contribution < -0.4 is 5.32 Å². The molecule has 0 aliphatic rings. The normalized spacial score (nSPS) is 12.7. The molecule has 0 spiro atoms. The SMILES string of the molecule is COCC(C)n1c(C)cc(C=C(C#N)C(=O)Nc2ccn(C)n2)c1C. The summed E-state index contributed by atoms with van der Waals surface area (Å²) in [5.74, 6) is -0.0659. The Bertz CT molecular complexity index is 838. The van der Waals surface area contributed by atoms with Gasteiger partial charge in [0, 0.05) is 37.8 Å². The lowest BCUT2D eigenvalue weighted by atomic mass is 10.1. The molecule has 1 unspecified atom stereocenters. The van der Waals surface area contributed by atoms with Crippen molar-refractivity contribution in [1.82, 2.24) is 14.3 Å². The van der Waals surface area contributed by atoms with Crippen molar-refractivity contribution < 1.29 is 9.53 Å². The molecule has 0 saturated carbocycles. The Balaban J connectivity index is 2.29. The molecule has 2 heterocycles. The Labute approximate surface area is 147 Å². The van der Waals surface area contributed by atoms with E-state index >= 15 is 0 Å². The van der Waals surface area contributed by atoms with Crippen LogP contribution in [0.5, 0.6) is 0 Å². The highest BCUT2D eigenvalue weighted by Crippen LogP contribution is 2.23. The Hall–Kier alpha value is -2.85. The highest BCUT2D eigenvalue weighted by Gasteiger charge is 2.16. The number of nitriles is 1. The second-order valence-electron chi connectivity index (χ2n) is 6.00. The summed E-state index contributed by atoms with van der Waals surface area (Å²) in [6.45, 7) is 6.62. The molecule has 7 heteroatoms. The minimum atomic E-state index is -0.476. The number of methoxy groups -OCH3 is 1. The Kier molecular flexibility index (Phi) is 5.78. The summed E-state index contributed by atoms with van der Waals surface area (Å²) in [6.07, 6.45) is 3.33. The predicted octanol–water partition coefficient (Wildman–Crippen LogP) is 2.59. The van der Waals surface area contributed by atoms with Crippen molar-refractivity contribution in [3.63, 3.8) is 0 Å². The largest absolute Gasteiger partial charge is 0.383 e. The Morgan fingerprint density at radius 3 is 2.80 bits per heavy atom. The summed E-state index contributed by atoms with van der Waals surface area (Å²) in [4.78, 5) is 12.3. The summed E-state index contributed by atoms with van der Waals surface area (Å²) < 4.78 is 8.94. The van der Waals surface area contributed by atoms with Crippen molar-refractivity contribution in [3.05, 3.63) is 40.9 Å². The summed E-state index contributed by atoms with van der Waals surface area (Å²) in [6, 6.07) is 5.77. The van der Waals surface area contributed by atoms with Crippen LogP contribution in [0.2, 0.25) is 0 Å². The van der Waals surface area contributed by atoms with Gasteiger partial charge in [0.15, 0.2) is 5.82 Å². The number of hydrogen-bond donors (Lipinski definition) is 1. The van der Waals surface area contributed by atoms with Crippen molar-refractivity contribution in [2.45, 2.75) is 26.8 Å². The van der Waals surface area contributed by atoms with E-state index in [1.807, 2.05) is 26.0 Å². The topological polar surface area (TPSA) is 84.9 Å². The molecule has 0 aromatic carbocycles. The molecule has 132 valence electrons. The molecule has 0 saturated heterocycles. The van der Waals surface area contributed by atoms with Crippen LogP contribution in [0.1, 0.15) is 29.9 Å². The fraction of sp³-hybridized carbons (Fsp3) is 0.389. The quantitative estimate of drug-likeness (QED) is 0.646. The van der Waals surface area contributed by atoms with Gasteiger partial charge in [0.05, 0.1) is 12.6 Å². The average Bonchev–Trinajstić information content (AvgIpc) is 3.08. The number of amides is 1. The van der Waals surface area contributed by atoms with Crippen LogP contribution in [0.3, 0.4) is 0 Å². The summed E-state index contributed by atoms with van der Waals surface area (Å²) in [7, 11) is 3.42. The van der Waals surface area contributed by atoms with E-state index in [-0.39, 0.29) is 11.6 Å². The van der Waals surface area contributed by atoms with Gasteiger partial charge in [-0.1, -0.05) is 0 Å². The number of anilines is 1. The third kappa shape index (κ3) is 4.17. The third-order valence-corrected chi connectivity index (χ3v) is 3.99. The number of carbonyl (C=O) groups is 1. The van der Waals surface area contributed by atoms with E-state index in [1.165, 1.54) is 0 Å². The lowest BCUT2D eigenvalue weighted by Crippen LogP contribution is -2.14. The lowest BCUT2D eigenvalue weighted by molar-refractivity contribution is -0.112. The first-order chi connectivity index (χ1) is 11.9. The number of aromatic nitrogens is 3. The number of aryl methyl sites for hydroxylation is 2. The number of rotatable bonds is 6. The average molecular weight is 341 g/mol. The second kappa shape index (κ2) is 7.81. The zero-order valence-corrected chi connectivity index (χ0v) is 15.2. The van der Waals surface area contributed by atoms with Crippen LogP contribution in [0, 0.1) is 25.2 Å². The fourth-order valence-electron chi connectivity index (χ4n) is 2.91. The van der Waals surface area contributed by atoms with Gasteiger partial charge in [0.25, 0.3) is 5.91 Å². The Morgan fingerprint density at radius 2 is 2.24 bits per heavy atom. The number of ether oxygens (including phenoxy) is 1. The van der Waals surface area contributed by atoms with Gasteiger partial charge in [-0.05, 0) is 38.5 Å². The predicted molar refractivity (Wildman–Crippen MR) is 95.9 cm³/mol. The zero-order valence-electron chi connectivity index (χ0n) is 15.2. The Morgan fingerprint density at radius 1 is 1.52 bits per heavy atom. The van der Waals surface area contributed by atoms with E-state index in [0.717, 1.165) is 17.0 Å². The summed E-state index contributed by atoms with van der Waals surface area (Å²) >= 11 is 0. The fourth-order valence-corrected chi connectivity index (χ4v) is 2.91. The summed E-state index contributed by atoms with van der Waals surface area (Å²) in [5.41, 5.74) is 2.91. The molecule has 1 N–H and O–H groups in total. The number of carbonyl (C=O) groups excluding carboxylic acids is 1. The maximum absolute atomic E-state index is 12.3. The molecule has 0 bridgehead atoms. The first-order valence-electron chi connectivity index (χ1n) is 7.97. The van der Waals surface area contributed by atoms with Crippen LogP contribution >= 0.6 is 0 Å². The van der Waals surface area contributed by atoms with E-state index in [0.29, 0.717) is 12.4 Å². The molecule has 0 aliphatic carbocycles.